The number of benzene rings is 1. The number of fused-ring (bicyclic) bond motifs is 2. The zero-order valence-electron chi connectivity index (χ0n) is 9.05. The van der Waals surface area contributed by atoms with Gasteiger partial charge in [-0.1, -0.05) is 18.9 Å². The van der Waals surface area contributed by atoms with Gasteiger partial charge >= 0.3 is 0 Å². The second-order valence-electron chi connectivity index (χ2n) is 4.83. The maximum atomic E-state index is 14.0. The second kappa shape index (κ2) is 3.30. The Bertz CT molecular complexity index is 449. The third-order valence-corrected chi connectivity index (χ3v) is 3.94. The summed E-state index contributed by atoms with van der Waals surface area (Å²) in [7, 11) is 0. The molecule has 1 N–H and O–H groups in total. The average molecular weight is 219 g/mol. The lowest BCUT2D eigenvalue weighted by Crippen LogP contribution is -2.46. The first-order valence-electron chi connectivity index (χ1n) is 5.80. The molecule has 1 saturated carbocycles. The van der Waals surface area contributed by atoms with E-state index >= 15 is 0 Å². The Balaban J connectivity index is 2.22. The first kappa shape index (κ1) is 9.82. The highest BCUT2D eigenvalue weighted by molar-refractivity contribution is 5.97. The van der Waals surface area contributed by atoms with Gasteiger partial charge in [0.25, 0.3) is 5.91 Å². The highest BCUT2D eigenvalue weighted by Gasteiger charge is 2.43. The highest BCUT2D eigenvalue weighted by Crippen LogP contribution is 2.44. The van der Waals surface area contributed by atoms with E-state index < -0.39 is 0 Å². The first-order valence-corrected chi connectivity index (χ1v) is 5.80. The quantitative estimate of drug-likeness (QED) is 0.713. The molecule has 0 atom stereocenters. The zero-order valence-corrected chi connectivity index (χ0v) is 9.05. The summed E-state index contributed by atoms with van der Waals surface area (Å²) < 4.78 is 14.0. The van der Waals surface area contributed by atoms with Crippen molar-refractivity contribution in [3.8, 4) is 0 Å². The van der Waals surface area contributed by atoms with Gasteiger partial charge in [0.15, 0.2) is 0 Å². The van der Waals surface area contributed by atoms with Crippen LogP contribution in [0.25, 0.3) is 0 Å². The van der Waals surface area contributed by atoms with Crippen LogP contribution in [0.4, 0.5) is 4.39 Å². The third-order valence-electron chi connectivity index (χ3n) is 3.94. The average Bonchev–Trinajstić information content (AvgIpc) is 2.74. The number of amides is 1. The highest BCUT2D eigenvalue weighted by atomic mass is 19.1. The summed E-state index contributed by atoms with van der Waals surface area (Å²) in [6.07, 6.45) is 4.23. The van der Waals surface area contributed by atoms with Crippen molar-refractivity contribution in [3.63, 3.8) is 0 Å². The van der Waals surface area contributed by atoms with Crippen LogP contribution in [0.15, 0.2) is 18.2 Å². The van der Waals surface area contributed by atoms with Crippen LogP contribution in [-0.2, 0) is 5.41 Å². The first-order chi connectivity index (χ1) is 7.73. The largest absolute Gasteiger partial charge is 0.351 e. The Kier molecular flexibility index (Phi) is 2.03. The number of hydrogen-bond acceptors (Lipinski definition) is 1. The van der Waals surface area contributed by atoms with E-state index in [0.717, 1.165) is 25.7 Å². The van der Waals surface area contributed by atoms with E-state index in [1.165, 1.54) is 6.07 Å². The smallest absolute Gasteiger partial charge is 0.251 e. The maximum absolute atomic E-state index is 14.0. The molecule has 3 rings (SSSR count). The van der Waals surface area contributed by atoms with Crippen LogP contribution in [0.5, 0.6) is 0 Å². The molecule has 3 heteroatoms. The van der Waals surface area contributed by atoms with E-state index in [0.29, 0.717) is 17.7 Å². The molecule has 1 aliphatic carbocycles. The van der Waals surface area contributed by atoms with Crippen molar-refractivity contribution in [2.45, 2.75) is 31.1 Å². The van der Waals surface area contributed by atoms with Gasteiger partial charge in [-0.2, -0.15) is 0 Å². The van der Waals surface area contributed by atoms with E-state index in [9.17, 15) is 9.18 Å². The Morgan fingerprint density at radius 2 is 2.00 bits per heavy atom. The minimum Gasteiger partial charge on any atom is -0.351 e. The van der Waals surface area contributed by atoms with Crippen LogP contribution in [-0.4, -0.2) is 12.5 Å². The molecule has 0 bridgehead atoms. The van der Waals surface area contributed by atoms with Crippen molar-refractivity contribution >= 4 is 5.91 Å². The number of halogens is 1. The van der Waals surface area contributed by atoms with Gasteiger partial charge in [-0.15, -0.1) is 0 Å². The Morgan fingerprint density at radius 3 is 2.75 bits per heavy atom. The fraction of sp³-hybridized carbons (Fsp3) is 0.462. The predicted octanol–water partition coefficient (Wildman–Crippen LogP) is 2.38. The summed E-state index contributed by atoms with van der Waals surface area (Å²) in [6, 6.07) is 4.81. The van der Waals surface area contributed by atoms with Gasteiger partial charge in [0.2, 0.25) is 0 Å². The number of nitrogens with one attached hydrogen (secondary N) is 1. The molecular weight excluding hydrogens is 205 g/mol. The Morgan fingerprint density at radius 1 is 1.25 bits per heavy atom. The number of rotatable bonds is 0. The van der Waals surface area contributed by atoms with Crippen molar-refractivity contribution < 1.29 is 9.18 Å². The SMILES string of the molecule is O=C1NCC2(CCCC2)c2c(F)cccc21. The standard InChI is InChI=1S/C13H14FNO/c14-10-5-3-4-9-11(10)13(6-1-2-7-13)8-15-12(9)16/h3-5H,1-2,6-8H2,(H,15,16). The van der Waals surface area contributed by atoms with Gasteiger partial charge in [-0.25, -0.2) is 4.39 Å². The minimum atomic E-state index is -0.214. The number of carbonyl (C=O) groups is 1. The lowest BCUT2D eigenvalue weighted by atomic mass is 9.74. The van der Waals surface area contributed by atoms with Gasteiger partial charge in [-0.3, -0.25) is 4.79 Å². The molecule has 0 radical (unpaired) electrons. The van der Waals surface area contributed by atoms with E-state index in [1.54, 1.807) is 12.1 Å². The molecule has 1 aromatic rings. The van der Waals surface area contributed by atoms with Gasteiger partial charge in [0.05, 0.1) is 0 Å². The zero-order chi connectivity index (χ0) is 11.2. The van der Waals surface area contributed by atoms with Crippen LogP contribution >= 0.6 is 0 Å². The molecular formula is C13H14FNO. The summed E-state index contributed by atoms with van der Waals surface area (Å²) in [5, 5.41) is 2.89. The maximum Gasteiger partial charge on any atom is 0.251 e. The second-order valence-corrected chi connectivity index (χ2v) is 4.83. The molecule has 1 aliphatic heterocycles. The summed E-state index contributed by atoms with van der Waals surface area (Å²) >= 11 is 0. The molecule has 1 fully saturated rings. The third kappa shape index (κ3) is 1.20. The summed E-state index contributed by atoms with van der Waals surface area (Å²) in [5.41, 5.74) is 1.07. The molecule has 1 amide bonds. The van der Waals surface area contributed by atoms with Crippen molar-refractivity contribution in [1.82, 2.24) is 5.32 Å². The summed E-state index contributed by atoms with van der Waals surface area (Å²) in [6.45, 7) is 0.597. The fourth-order valence-corrected chi connectivity index (χ4v) is 3.16. The van der Waals surface area contributed by atoms with E-state index in [1.807, 2.05) is 0 Å². The van der Waals surface area contributed by atoms with Crippen molar-refractivity contribution in [1.29, 1.82) is 0 Å². The topological polar surface area (TPSA) is 29.1 Å². The van der Waals surface area contributed by atoms with Crippen molar-refractivity contribution in [2.24, 2.45) is 0 Å². The number of hydrogen-bond donors (Lipinski definition) is 1. The summed E-state index contributed by atoms with van der Waals surface area (Å²) in [4.78, 5) is 11.7. The summed E-state index contributed by atoms with van der Waals surface area (Å²) in [5.74, 6) is -0.346. The molecule has 2 aliphatic rings. The molecule has 1 heterocycles. The molecule has 16 heavy (non-hydrogen) atoms. The molecule has 2 nitrogen and oxygen atoms in total. The molecule has 1 spiro atoms. The van der Waals surface area contributed by atoms with Crippen molar-refractivity contribution in [3.05, 3.63) is 35.1 Å². The lowest BCUT2D eigenvalue weighted by molar-refractivity contribution is 0.0922. The van der Waals surface area contributed by atoms with Crippen LogP contribution in [0.3, 0.4) is 0 Å². The van der Waals surface area contributed by atoms with Crippen LogP contribution in [0.1, 0.15) is 41.6 Å². The molecule has 0 aromatic heterocycles. The van der Waals surface area contributed by atoms with Crippen LogP contribution in [0, 0.1) is 5.82 Å². The van der Waals surface area contributed by atoms with Gasteiger partial charge in [0.1, 0.15) is 5.82 Å². The molecule has 84 valence electrons. The van der Waals surface area contributed by atoms with E-state index in [2.05, 4.69) is 5.32 Å². The molecule has 0 unspecified atom stereocenters. The van der Waals surface area contributed by atoms with E-state index in [4.69, 9.17) is 0 Å². The lowest BCUT2D eigenvalue weighted by Gasteiger charge is -2.35. The normalized spacial score (nSPS) is 21.9. The molecule has 1 aromatic carbocycles. The van der Waals surface area contributed by atoms with Gasteiger partial charge in [0, 0.05) is 23.1 Å². The Hall–Kier alpha value is -1.38. The predicted molar refractivity (Wildman–Crippen MR) is 58.9 cm³/mol. The van der Waals surface area contributed by atoms with Gasteiger partial charge in [-0.05, 0) is 25.0 Å². The monoisotopic (exact) mass is 219 g/mol. The number of carbonyl (C=O) groups excluding carboxylic acids is 1. The van der Waals surface area contributed by atoms with Crippen LogP contribution < -0.4 is 5.32 Å². The Labute approximate surface area is 93.9 Å². The minimum absolute atomic E-state index is 0.130. The van der Waals surface area contributed by atoms with Crippen LogP contribution in [0.2, 0.25) is 0 Å². The molecule has 0 saturated heterocycles. The van der Waals surface area contributed by atoms with E-state index in [-0.39, 0.29) is 17.1 Å². The van der Waals surface area contributed by atoms with Crippen molar-refractivity contribution in [2.75, 3.05) is 6.54 Å². The van der Waals surface area contributed by atoms with Gasteiger partial charge < -0.3 is 5.32 Å². The fourth-order valence-electron chi connectivity index (χ4n) is 3.16.